The lowest BCUT2D eigenvalue weighted by Gasteiger charge is -2.06. The third kappa shape index (κ3) is 1.95. The van der Waals surface area contributed by atoms with Crippen molar-refractivity contribution in [1.29, 1.82) is 0 Å². The maximum Gasteiger partial charge on any atom is 0.307 e. The van der Waals surface area contributed by atoms with Crippen molar-refractivity contribution in [3.05, 3.63) is 29.8 Å². The maximum absolute atomic E-state index is 11.5. The molecule has 1 N–H and O–H groups in total. The second-order valence-corrected chi connectivity index (χ2v) is 6.08. The summed E-state index contributed by atoms with van der Waals surface area (Å²) in [5.41, 5.74) is 0.636. The molecule has 0 unspecified atom stereocenters. The molecule has 0 amide bonds. The molecular weight excluding hydrogens is 228 g/mol. The van der Waals surface area contributed by atoms with Crippen LogP contribution in [-0.2, 0) is 14.6 Å². The largest absolute Gasteiger partial charge is 0.481 e. The van der Waals surface area contributed by atoms with Crippen molar-refractivity contribution in [3.8, 4) is 0 Å². The minimum atomic E-state index is -3.28. The third-order valence-electron chi connectivity index (χ3n) is 2.83. The number of sulfone groups is 1. The van der Waals surface area contributed by atoms with Gasteiger partial charge in [0.1, 0.15) is 0 Å². The van der Waals surface area contributed by atoms with E-state index in [1.807, 2.05) is 0 Å². The Balaban J connectivity index is 2.40. The molecule has 1 saturated carbocycles. The van der Waals surface area contributed by atoms with Gasteiger partial charge in [-0.2, -0.15) is 0 Å². The van der Waals surface area contributed by atoms with Crippen molar-refractivity contribution in [3.63, 3.8) is 0 Å². The summed E-state index contributed by atoms with van der Waals surface area (Å²) in [6.07, 6.45) is 1.67. The van der Waals surface area contributed by atoms with Gasteiger partial charge in [-0.15, -0.1) is 0 Å². The summed E-state index contributed by atoms with van der Waals surface area (Å²) in [6.45, 7) is 0. The molecule has 0 bridgehead atoms. The molecule has 0 spiro atoms. The van der Waals surface area contributed by atoms with Crippen LogP contribution >= 0.6 is 0 Å². The summed E-state index contributed by atoms with van der Waals surface area (Å²) < 4.78 is 23.0. The molecule has 2 atom stereocenters. The first-order chi connectivity index (χ1) is 7.41. The Labute approximate surface area is 93.8 Å². The van der Waals surface area contributed by atoms with Gasteiger partial charge in [0.05, 0.1) is 10.8 Å². The van der Waals surface area contributed by atoms with E-state index in [1.165, 1.54) is 6.07 Å². The van der Waals surface area contributed by atoms with E-state index in [0.717, 1.165) is 6.26 Å². The van der Waals surface area contributed by atoms with E-state index in [-0.39, 0.29) is 10.8 Å². The van der Waals surface area contributed by atoms with Gasteiger partial charge in [-0.05, 0) is 24.0 Å². The van der Waals surface area contributed by atoms with E-state index in [2.05, 4.69) is 0 Å². The van der Waals surface area contributed by atoms with E-state index in [0.29, 0.717) is 12.0 Å². The van der Waals surface area contributed by atoms with Crippen LogP contribution in [0.1, 0.15) is 17.9 Å². The molecular formula is C11H12O4S. The average molecular weight is 240 g/mol. The lowest BCUT2D eigenvalue weighted by molar-refractivity contribution is -0.138. The van der Waals surface area contributed by atoms with Gasteiger partial charge < -0.3 is 5.11 Å². The van der Waals surface area contributed by atoms with Crippen LogP contribution in [0.3, 0.4) is 0 Å². The minimum absolute atomic E-state index is 0.150. The predicted octanol–water partition coefficient (Wildman–Crippen LogP) is 1.28. The molecule has 0 saturated heterocycles. The summed E-state index contributed by atoms with van der Waals surface area (Å²) in [6, 6.07) is 6.62. The fourth-order valence-corrected chi connectivity index (χ4v) is 2.91. The summed E-state index contributed by atoms with van der Waals surface area (Å²) >= 11 is 0. The van der Waals surface area contributed by atoms with Crippen molar-refractivity contribution in [2.45, 2.75) is 17.2 Å². The monoisotopic (exact) mass is 240 g/mol. The van der Waals surface area contributed by atoms with Crippen molar-refractivity contribution < 1.29 is 18.3 Å². The molecule has 86 valence electrons. The fourth-order valence-electron chi connectivity index (χ4n) is 1.94. The van der Waals surface area contributed by atoms with Crippen molar-refractivity contribution in [1.82, 2.24) is 0 Å². The van der Waals surface area contributed by atoms with Crippen LogP contribution in [0.15, 0.2) is 29.2 Å². The third-order valence-corrected chi connectivity index (χ3v) is 4.00. The first kappa shape index (κ1) is 11.1. The van der Waals surface area contributed by atoms with E-state index < -0.39 is 21.7 Å². The standard InChI is InChI=1S/C11H12O4S/c1-16(14,15)10-5-3-2-4-7(10)8-6-9(8)11(12)13/h2-5,8-9H,6H2,1H3,(H,12,13)/t8-,9+/m0/s1. The van der Waals surface area contributed by atoms with Crippen LogP contribution < -0.4 is 0 Å². The zero-order valence-electron chi connectivity index (χ0n) is 8.75. The quantitative estimate of drug-likeness (QED) is 0.863. The second-order valence-electron chi connectivity index (χ2n) is 4.10. The highest BCUT2D eigenvalue weighted by Gasteiger charge is 2.45. The number of carboxylic acid groups (broad SMARTS) is 1. The first-order valence-corrected chi connectivity index (χ1v) is 6.82. The average Bonchev–Trinajstić information content (AvgIpc) is 2.95. The van der Waals surface area contributed by atoms with Crippen molar-refractivity contribution in [2.75, 3.05) is 6.26 Å². The molecule has 16 heavy (non-hydrogen) atoms. The van der Waals surface area contributed by atoms with E-state index in [1.54, 1.807) is 18.2 Å². The molecule has 1 aromatic rings. The van der Waals surface area contributed by atoms with Crippen LogP contribution in [-0.4, -0.2) is 25.7 Å². The second kappa shape index (κ2) is 3.59. The molecule has 0 heterocycles. The number of hydrogen-bond acceptors (Lipinski definition) is 3. The topological polar surface area (TPSA) is 71.4 Å². The van der Waals surface area contributed by atoms with Crippen LogP contribution in [0.2, 0.25) is 0 Å². The first-order valence-electron chi connectivity index (χ1n) is 4.93. The van der Waals surface area contributed by atoms with Gasteiger partial charge in [-0.25, -0.2) is 8.42 Å². The van der Waals surface area contributed by atoms with Crippen LogP contribution in [0, 0.1) is 5.92 Å². The number of aliphatic carboxylic acids is 1. The van der Waals surface area contributed by atoms with Crippen LogP contribution in [0.25, 0.3) is 0 Å². The fraction of sp³-hybridized carbons (Fsp3) is 0.364. The van der Waals surface area contributed by atoms with Gasteiger partial charge in [-0.1, -0.05) is 18.2 Å². The number of hydrogen-bond donors (Lipinski definition) is 1. The maximum atomic E-state index is 11.5. The number of rotatable bonds is 3. The van der Waals surface area contributed by atoms with E-state index >= 15 is 0 Å². The summed E-state index contributed by atoms with van der Waals surface area (Å²) in [5.74, 6) is -1.43. The normalized spacial score (nSPS) is 24.1. The number of benzene rings is 1. The molecule has 1 aromatic carbocycles. The summed E-state index contributed by atoms with van der Waals surface area (Å²) in [7, 11) is -3.28. The Hall–Kier alpha value is -1.36. The highest BCUT2D eigenvalue weighted by molar-refractivity contribution is 7.90. The van der Waals surface area contributed by atoms with Crippen LogP contribution in [0.4, 0.5) is 0 Å². The van der Waals surface area contributed by atoms with Gasteiger partial charge >= 0.3 is 5.97 Å². The summed E-state index contributed by atoms with van der Waals surface area (Å²) in [5, 5.41) is 8.83. The number of carboxylic acids is 1. The highest BCUT2D eigenvalue weighted by Crippen LogP contribution is 2.49. The minimum Gasteiger partial charge on any atom is -0.481 e. The lowest BCUT2D eigenvalue weighted by Crippen LogP contribution is -2.04. The Bertz CT molecular complexity index is 533. The van der Waals surface area contributed by atoms with Gasteiger partial charge in [0, 0.05) is 6.26 Å². The molecule has 1 aliphatic carbocycles. The Morgan fingerprint density at radius 2 is 2.00 bits per heavy atom. The molecule has 5 heteroatoms. The predicted molar refractivity (Wildman–Crippen MR) is 58.0 cm³/mol. The smallest absolute Gasteiger partial charge is 0.307 e. The molecule has 0 radical (unpaired) electrons. The van der Waals surface area contributed by atoms with Gasteiger partial charge in [0.2, 0.25) is 0 Å². The molecule has 2 rings (SSSR count). The SMILES string of the molecule is CS(=O)(=O)c1ccccc1[C@@H]1C[C@H]1C(=O)O. The zero-order valence-corrected chi connectivity index (χ0v) is 9.57. The van der Waals surface area contributed by atoms with E-state index in [4.69, 9.17) is 5.11 Å². The van der Waals surface area contributed by atoms with Gasteiger partial charge in [0.15, 0.2) is 9.84 Å². The number of carbonyl (C=O) groups is 1. The Morgan fingerprint density at radius 1 is 1.38 bits per heavy atom. The highest BCUT2D eigenvalue weighted by atomic mass is 32.2. The van der Waals surface area contributed by atoms with Crippen molar-refractivity contribution >= 4 is 15.8 Å². The molecule has 1 fully saturated rings. The Kier molecular flexibility index (Phi) is 2.50. The van der Waals surface area contributed by atoms with Gasteiger partial charge in [0.25, 0.3) is 0 Å². The van der Waals surface area contributed by atoms with Crippen molar-refractivity contribution in [2.24, 2.45) is 5.92 Å². The summed E-state index contributed by atoms with van der Waals surface area (Å²) in [4.78, 5) is 11.0. The van der Waals surface area contributed by atoms with Gasteiger partial charge in [-0.3, -0.25) is 4.79 Å². The molecule has 4 nitrogen and oxygen atoms in total. The Morgan fingerprint density at radius 3 is 2.50 bits per heavy atom. The molecule has 0 aromatic heterocycles. The van der Waals surface area contributed by atoms with E-state index in [9.17, 15) is 13.2 Å². The molecule has 0 aliphatic heterocycles. The van der Waals surface area contributed by atoms with Crippen LogP contribution in [0.5, 0.6) is 0 Å². The molecule has 1 aliphatic rings. The lowest BCUT2D eigenvalue weighted by atomic mass is 10.1. The zero-order chi connectivity index (χ0) is 11.9.